The Hall–Kier alpha value is -3.20. The summed E-state index contributed by atoms with van der Waals surface area (Å²) < 4.78 is 32.9. The molecular weight excluding hydrogens is 382 g/mol. The van der Waals surface area contributed by atoms with Crippen molar-refractivity contribution in [2.75, 3.05) is 25.5 Å². The van der Waals surface area contributed by atoms with Crippen molar-refractivity contribution in [2.45, 2.75) is 11.8 Å². The van der Waals surface area contributed by atoms with E-state index in [4.69, 9.17) is 4.74 Å². The first-order valence-corrected chi connectivity index (χ1v) is 9.88. The highest BCUT2D eigenvalue weighted by Gasteiger charge is 2.31. The molecule has 2 aromatic rings. The number of hydrogen-bond donors (Lipinski definition) is 1. The lowest BCUT2D eigenvalue weighted by atomic mass is 10.2. The number of nitrogens with zero attached hydrogens (tertiary/aromatic N) is 2. The van der Waals surface area contributed by atoms with Crippen molar-refractivity contribution in [3.05, 3.63) is 59.7 Å². The molecule has 9 heteroatoms. The van der Waals surface area contributed by atoms with Crippen LogP contribution < -0.4 is 5.32 Å². The van der Waals surface area contributed by atoms with Gasteiger partial charge in [-0.05, 0) is 30.7 Å². The van der Waals surface area contributed by atoms with Crippen molar-refractivity contribution in [1.82, 2.24) is 4.90 Å². The molecule has 0 unspecified atom stereocenters. The van der Waals surface area contributed by atoms with Gasteiger partial charge in [0.15, 0.2) is 12.4 Å². The maximum atomic E-state index is 12.1. The summed E-state index contributed by atoms with van der Waals surface area (Å²) in [4.78, 5) is 25.5. The summed E-state index contributed by atoms with van der Waals surface area (Å²) in [6.07, 6.45) is 0. The monoisotopic (exact) mass is 401 g/mol. The molecule has 2 aromatic carbocycles. The molecule has 1 aliphatic rings. The van der Waals surface area contributed by atoms with Crippen molar-refractivity contribution < 1.29 is 22.7 Å². The van der Waals surface area contributed by atoms with Gasteiger partial charge in [0.25, 0.3) is 15.9 Å². The Balaban J connectivity index is 1.57. The second kappa shape index (κ2) is 7.81. The van der Waals surface area contributed by atoms with E-state index in [0.717, 1.165) is 5.56 Å². The lowest BCUT2D eigenvalue weighted by molar-refractivity contribution is -0.147. The molecule has 1 aliphatic heterocycles. The quantitative estimate of drug-likeness (QED) is 0.763. The number of nitrogens with one attached hydrogen (secondary N) is 1. The number of carbonyl (C=O) groups is 2. The molecule has 1 amide bonds. The second-order valence-corrected chi connectivity index (χ2v) is 7.84. The highest BCUT2D eigenvalue weighted by atomic mass is 32.2. The van der Waals surface area contributed by atoms with E-state index < -0.39 is 28.5 Å². The minimum absolute atomic E-state index is 0.0998. The van der Waals surface area contributed by atoms with Gasteiger partial charge >= 0.3 is 5.97 Å². The molecule has 1 heterocycles. The summed E-state index contributed by atoms with van der Waals surface area (Å²) in [5.41, 5.74) is 1.96. The van der Waals surface area contributed by atoms with Crippen LogP contribution in [0.15, 0.2) is 57.8 Å². The van der Waals surface area contributed by atoms with Crippen LogP contribution in [0, 0.1) is 6.92 Å². The van der Waals surface area contributed by atoms with Gasteiger partial charge < -0.3 is 15.0 Å². The number of anilines is 1. The lowest BCUT2D eigenvalue weighted by Crippen LogP contribution is -2.34. The first kappa shape index (κ1) is 19.6. The number of esters is 1. The zero-order valence-corrected chi connectivity index (χ0v) is 16.2. The summed E-state index contributed by atoms with van der Waals surface area (Å²) in [6, 6.07) is 13.6. The van der Waals surface area contributed by atoms with Gasteiger partial charge in [0, 0.05) is 18.3 Å². The number of amidine groups is 1. The van der Waals surface area contributed by atoms with Gasteiger partial charge in [-0.3, -0.25) is 9.59 Å². The van der Waals surface area contributed by atoms with E-state index in [9.17, 15) is 18.0 Å². The summed E-state index contributed by atoms with van der Waals surface area (Å²) >= 11 is 0. The fourth-order valence-electron chi connectivity index (χ4n) is 2.72. The number of fused-ring (bicyclic) bond motifs is 1. The van der Waals surface area contributed by atoms with E-state index in [2.05, 4.69) is 9.71 Å². The number of benzene rings is 2. The maximum absolute atomic E-state index is 12.1. The fourth-order valence-corrected chi connectivity index (χ4v) is 3.97. The predicted molar refractivity (Wildman–Crippen MR) is 104 cm³/mol. The Kier molecular flexibility index (Phi) is 5.46. The summed E-state index contributed by atoms with van der Waals surface area (Å²) in [5, 5.41) is 2.66. The van der Waals surface area contributed by atoms with Gasteiger partial charge in [-0.25, -0.2) is 0 Å². The molecule has 0 atom stereocenters. The number of amides is 1. The number of carbonyl (C=O) groups excluding carboxylic acids is 2. The van der Waals surface area contributed by atoms with Crippen LogP contribution in [0.4, 0.5) is 5.69 Å². The molecule has 0 aliphatic carbocycles. The Morgan fingerprint density at radius 1 is 1.11 bits per heavy atom. The number of rotatable bonds is 5. The number of sulfonamides is 1. The van der Waals surface area contributed by atoms with Gasteiger partial charge in [-0.15, -0.1) is 4.40 Å². The van der Waals surface area contributed by atoms with Crippen molar-refractivity contribution >= 4 is 33.4 Å². The molecule has 0 bridgehead atoms. The molecule has 146 valence electrons. The van der Waals surface area contributed by atoms with Crippen LogP contribution >= 0.6 is 0 Å². The molecule has 1 N–H and O–H groups in total. The smallest absolute Gasteiger partial charge is 0.326 e. The largest absolute Gasteiger partial charge is 0.454 e. The number of ether oxygens (including phenoxy) is 1. The minimum Gasteiger partial charge on any atom is -0.454 e. The Morgan fingerprint density at radius 3 is 2.54 bits per heavy atom. The Labute approximate surface area is 162 Å². The Bertz CT molecular complexity index is 1060. The van der Waals surface area contributed by atoms with Crippen LogP contribution in [-0.4, -0.2) is 51.2 Å². The van der Waals surface area contributed by atoms with Gasteiger partial charge in [0.1, 0.15) is 11.4 Å². The van der Waals surface area contributed by atoms with Crippen LogP contribution in [0.25, 0.3) is 0 Å². The summed E-state index contributed by atoms with van der Waals surface area (Å²) in [5.74, 6) is -0.972. The van der Waals surface area contributed by atoms with E-state index in [-0.39, 0.29) is 17.3 Å². The number of para-hydroxylation sites is 1. The Morgan fingerprint density at radius 2 is 1.79 bits per heavy atom. The predicted octanol–water partition coefficient (Wildman–Crippen LogP) is 1.56. The summed E-state index contributed by atoms with van der Waals surface area (Å²) in [6.45, 7) is 1.16. The van der Waals surface area contributed by atoms with Gasteiger partial charge in [0.05, 0.1) is 0 Å². The number of likely N-dealkylation sites (N-methyl/N-ethyl adjacent to an activating group) is 1. The molecule has 0 saturated carbocycles. The SMILES string of the molecule is Cc1ccccc1NC(=O)COC(=O)CN(C)C1=NS(=O)(=O)c2ccccc21. The molecule has 8 nitrogen and oxygen atoms in total. The van der Waals surface area contributed by atoms with E-state index in [1.807, 2.05) is 19.1 Å². The normalized spacial score (nSPS) is 14.0. The average molecular weight is 401 g/mol. The van der Waals surface area contributed by atoms with E-state index in [0.29, 0.717) is 11.3 Å². The summed E-state index contributed by atoms with van der Waals surface area (Å²) in [7, 11) is -2.24. The number of hydrogen-bond acceptors (Lipinski definition) is 6. The minimum atomic E-state index is -3.77. The highest BCUT2D eigenvalue weighted by Crippen LogP contribution is 2.26. The first-order chi connectivity index (χ1) is 13.3. The standard InChI is InChI=1S/C19H19N3O5S/c1-13-7-3-5-9-15(13)20-17(23)12-27-18(24)11-22(2)19-14-8-4-6-10-16(14)28(25,26)21-19/h3-10H,11-12H2,1-2H3,(H,20,23). The van der Waals surface area contributed by atoms with E-state index in [1.165, 1.54) is 18.0 Å². The van der Waals surface area contributed by atoms with Crippen LogP contribution in [0.3, 0.4) is 0 Å². The van der Waals surface area contributed by atoms with Crippen molar-refractivity contribution in [3.63, 3.8) is 0 Å². The molecule has 0 fully saturated rings. The van der Waals surface area contributed by atoms with Gasteiger partial charge in [0.2, 0.25) is 0 Å². The third kappa shape index (κ3) is 4.20. The number of aryl methyl sites for hydroxylation is 1. The molecular formula is C19H19N3O5S. The van der Waals surface area contributed by atoms with Crippen LogP contribution in [0.1, 0.15) is 11.1 Å². The lowest BCUT2D eigenvalue weighted by Gasteiger charge is -2.18. The third-order valence-corrected chi connectivity index (χ3v) is 5.45. The highest BCUT2D eigenvalue weighted by molar-refractivity contribution is 7.90. The molecule has 0 radical (unpaired) electrons. The fraction of sp³-hybridized carbons (Fsp3) is 0.211. The zero-order valence-electron chi connectivity index (χ0n) is 15.4. The average Bonchev–Trinajstić information content (AvgIpc) is 2.94. The molecule has 0 spiro atoms. The van der Waals surface area contributed by atoms with E-state index >= 15 is 0 Å². The van der Waals surface area contributed by atoms with Crippen LogP contribution in [0.5, 0.6) is 0 Å². The van der Waals surface area contributed by atoms with Crippen LogP contribution in [-0.2, 0) is 24.3 Å². The van der Waals surface area contributed by atoms with Gasteiger partial charge in [-0.1, -0.05) is 30.3 Å². The molecule has 3 rings (SSSR count). The maximum Gasteiger partial charge on any atom is 0.326 e. The van der Waals surface area contributed by atoms with Crippen molar-refractivity contribution in [2.24, 2.45) is 4.40 Å². The van der Waals surface area contributed by atoms with Crippen molar-refractivity contribution in [1.29, 1.82) is 0 Å². The van der Waals surface area contributed by atoms with Crippen molar-refractivity contribution in [3.8, 4) is 0 Å². The van der Waals surface area contributed by atoms with E-state index in [1.54, 1.807) is 30.3 Å². The molecule has 28 heavy (non-hydrogen) atoms. The van der Waals surface area contributed by atoms with Gasteiger partial charge in [-0.2, -0.15) is 8.42 Å². The second-order valence-electron chi connectivity index (χ2n) is 6.27. The molecule has 0 saturated heterocycles. The topological polar surface area (TPSA) is 105 Å². The molecule has 0 aromatic heterocycles. The third-order valence-electron chi connectivity index (χ3n) is 4.12. The first-order valence-electron chi connectivity index (χ1n) is 8.44. The van der Waals surface area contributed by atoms with Crippen LogP contribution in [0.2, 0.25) is 0 Å². The zero-order chi connectivity index (χ0) is 20.3.